The lowest BCUT2D eigenvalue weighted by Crippen LogP contribution is -2.53. The summed E-state index contributed by atoms with van der Waals surface area (Å²) in [6.07, 6.45) is 3.39. The number of benzene rings is 1. The number of aromatic nitrogens is 2. The second-order valence-corrected chi connectivity index (χ2v) is 5.86. The third-order valence-electron chi connectivity index (χ3n) is 4.26. The zero-order valence-corrected chi connectivity index (χ0v) is 13.8. The van der Waals surface area contributed by atoms with Gasteiger partial charge >= 0.3 is 0 Å². The fourth-order valence-electron chi connectivity index (χ4n) is 2.76. The van der Waals surface area contributed by atoms with Crippen molar-refractivity contribution < 1.29 is 13.6 Å². The molecule has 3 rings (SSSR count). The summed E-state index contributed by atoms with van der Waals surface area (Å²) in [5, 5.41) is 2.46. The van der Waals surface area contributed by atoms with Crippen LogP contribution >= 0.6 is 0 Å². The molecule has 25 heavy (non-hydrogen) atoms. The van der Waals surface area contributed by atoms with Crippen molar-refractivity contribution in [3.8, 4) is 0 Å². The number of carbonyl (C=O) groups excluding carboxylic acids is 1. The van der Waals surface area contributed by atoms with Gasteiger partial charge in [-0.15, -0.1) is 0 Å². The SMILES string of the molecule is C[C@@H](C(=O)Nc1cc(F)ccc1F)N1CCN(c2ncccn2)CC1. The molecule has 0 radical (unpaired) electrons. The van der Waals surface area contributed by atoms with Gasteiger partial charge in [0.05, 0.1) is 11.7 Å². The van der Waals surface area contributed by atoms with Gasteiger partial charge in [0, 0.05) is 44.6 Å². The highest BCUT2D eigenvalue weighted by atomic mass is 19.1. The minimum atomic E-state index is -0.659. The van der Waals surface area contributed by atoms with Crippen LogP contribution in [0.25, 0.3) is 0 Å². The number of hydrogen-bond donors (Lipinski definition) is 1. The summed E-state index contributed by atoms with van der Waals surface area (Å²) >= 11 is 0. The molecule has 1 aromatic carbocycles. The van der Waals surface area contributed by atoms with Crippen LogP contribution < -0.4 is 10.2 Å². The molecule has 2 aromatic rings. The van der Waals surface area contributed by atoms with E-state index in [1.165, 1.54) is 0 Å². The van der Waals surface area contributed by atoms with Gasteiger partial charge in [-0.3, -0.25) is 9.69 Å². The Morgan fingerprint density at radius 1 is 1.16 bits per heavy atom. The normalized spacial score (nSPS) is 16.5. The second kappa shape index (κ2) is 7.52. The summed E-state index contributed by atoms with van der Waals surface area (Å²) < 4.78 is 26.9. The molecule has 0 saturated carbocycles. The van der Waals surface area contributed by atoms with Gasteiger partial charge in [-0.05, 0) is 25.1 Å². The number of anilines is 2. The van der Waals surface area contributed by atoms with Crippen LogP contribution in [0.2, 0.25) is 0 Å². The number of nitrogens with one attached hydrogen (secondary N) is 1. The molecule has 6 nitrogen and oxygen atoms in total. The zero-order chi connectivity index (χ0) is 17.8. The van der Waals surface area contributed by atoms with E-state index in [1.54, 1.807) is 25.4 Å². The van der Waals surface area contributed by atoms with E-state index in [1.807, 2.05) is 9.80 Å². The largest absolute Gasteiger partial charge is 0.338 e. The van der Waals surface area contributed by atoms with E-state index in [4.69, 9.17) is 0 Å². The van der Waals surface area contributed by atoms with Crippen LogP contribution in [-0.4, -0.2) is 53.0 Å². The van der Waals surface area contributed by atoms with Crippen LogP contribution in [0.4, 0.5) is 20.4 Å². The summed E-state index contributed by atoms with van der Waals surface area (Å²) in [6.45, 7) is 4.43. The van der Waals surface area contributed by atoms with Gasteiger partial charge in [0.15, 0.2) is 0 Å². The molecule has 1 N–H and O–H groups in total. The lowest BCUT2D eigenvalue weighted by molar-refractivity contribution is -0.120. The maximum Gasteiger partial charge on any atom is 0.241 e. The standard InChI is InChI=1S/C17H19F2N5O/c1-12(16(25)22-15-11-13(18)3-4-14(15)19)23-7-9-24(10-8-23)17-20-5-2-6-21-17/h2-6,11-12H,7-10H2,1H3,(H,22,25)/t12-/m0/s1. The van der Waals surface area contributed by atoms with Crippen molar-refractivity contribution in [2.75, 3.05) is 36.4 Å². The van der Waals surface area contributed by atoms with Crippen LogP contribution in [0, 0.1) is 11.6 Å². The molecule has 0 unspecified atom stereocenters. The Labute approximate surface area is 144 Å². The molecule has 8 heteroatoms. The summed E-state index contributed by atoms with van der Waals surface area (Å²) in [6, 6.07) is 4.29. The number of carbonyl (C=O) groups is 1. The van der Waals surface area contributed by atoms with Crippen LogP contribution in [0.3, 0.4) is 0 Å². The Hall–Kier alpha value is -2.61. The van der Waals surface area contributed by atoms with Gasteiger partial charge in [0.1, 0.15) is 11.6 Å². The molecule has 2 heterocycles. The number of piperazine rings is 1. The monoisotopic (exact) mass is 347 g/mol. The fourth-order valence-corrected chi connectivity index (χ4v) is 2.76. The van der Waals surface area contributed by atoms with Crippen LogP contribution in [0.1, 0.15) is 6.92 Å². The van der Waals surface area contributed by atoms with Crippen molar-refractivity contribution in [2.45, 2.75) is 13.0 Å². The van der Waals surface area contributed by atoms with E-state index in [0.29, 0.717) is 32.1 Å². The lowest BCUT2D eigenvalue weighted by atomic mass is 10.2. The molecule has 1 aliphatic rings. The van der Waals surface area contributed by atoms with E-state index in [-0.39, 0.29) is 11.6 Å². The average Bonchev–Trinajstić information content (AvgIpc) is 2.65. The van der Waals surface area contributed by atoms with Crippen molar-refractivity contribution >= 4 is 17.5 Å². The first-order valence-corrected chi connectivity index (χ1v) is 8.06. The zero-order valence-electron chi connectivity index (χ0n) is 13.8. The van der Waals surface area contributed by atoms with Crippen molar-refractivity contribution in [2.24, 2.45) is 0 Å². The van der Waals surface area contributed by atoms with Gasteiger partial charge in [0.25, 0.3) is 0 Å². The Kier molecular flexibility index (Phi) is 5.18. The predicted molar refractivity (Wildman–Crippen MR) is 90.3 cm³/mol. The molecular weight excluding hydrogens is 328 g/mol. The minimum absolute atomic E-state index is 0.145. The number of hydrogen-bond acceptors (Lipinski definition) is 5. The van der Waals surface area contributed by atoms with Gasteiger partial charge in [-0.2, -0.15) is 0 Å². The molecule has 1 fully saturated rings. The molecule has 1 aliphatic heterocycles. The third kappa shape index (κ3) is 4.08. The maximum absolute atomic E-state index is 13.7. The topological polar surface area (TPSA) is 61.4 Å². The third-order valence-corrected chi connectivity index (χ3v) is 4.26. The van der Waals surface area contributed by atoms with Crippen molar-refractivity contribution in [3.05, 3.63) is 48.3 Å². The summed E-state index contributed by atoms with van der Waals surface area (Å²) in [5.74, 6) is -0.955. The smallest absolute Gasteiger partial charge is 0.241 e. The van der Waals surface area contributed by atoms with E-state index in [2.05, 4.69) is 15.3 Å². The van der Waals surface area contributed by atoms with Gasteiger partial charge in [0.2, 0.25) is 11.9 Å². The molecule has 132 valence electrons. The summed E-state index contributed by atoms with van der Waals surface area (Å²) in [7, 11) is 0. The molecule has 0 spiro atoms. The molecular formula is C17H19F2N5O. The molecule has 1 atom stereocenters. The molecule has 0 bridgehead atoms. The Morgan fingerprint density at radius 2 is 1.84 bits per heavy atom. The summed E-state index contributed by atoms with van der Waals surface area (Å²) in [5.41, 5.74) is -0.145. The Bertz CT molecular complexity index is 735. The van der Waals surface area contributed by atoms with E-state index in [9.17, 15) is 13.6 Å². The van der Waals surface area contributed by atoms with E-state index in [0.717, 1.165) is 18.2 Å². The number of halogens is 2. The van der Waals surface area contributed by atoms with Gasteiger partial charge in [-0.25, -0.2) is 18.7 Å². The first-order valence-electron chi connectivity index (χ1n) is 8.06. The van der Waals surface area contributed by atoms with Crippen LogP contribution in [0.5, 0.6) is 0 Å². The highest BCUT2D eigenvalue weighted by Gasteiger charge is 2.26. The Balaban J connectivity index is 1.57. The average molecular weight is 347 g/mol. The molecule has 1 aromatic heterocycles. The first-order chi connectivity index (χ1) is 12.0. The highest BCUT2D eigenvalue weighted by molar-refractivity contribution is 5.94. The molecule has 0 aliphatic carbocycles. The van der Waals surface area contributed by atoms with Gasteiger partial charge in [-0.1, -0.05) is 0 Å². The quantitative estimate of drug-likeness (QED) is 0.915. The van der Waals surface area contributed by atoms with E-state index < -0.39 is 17.7 Å². The van der Waals surface area contributed by atoms with Crippen LogP contribution in [0.15, 0.2) is 36.7 Å². The number of amides is 1. The minimum Gasteiger partial charge on any atom is -0.338 e. The molecule has 1 amide bonds. The van der Waals surface area contributed by atoms with Crippen molar-refractivity contribution in [1.82, 2.24) is 14.9 Å². The summed E-state index contributed by atoms with van der Waals surface area (Å²) in [4.78, 5) is 24.8. The fraction of sp³-hybridized carbons (Fsp3) is 0.353. The maximum atomic E-state index is 13.7. The van der Waals surface area contributed by atoms with Gasteiger partial charge < -0.3 is 10.2 Å². The molecule has 1 saturated heterocycles. The van der Waals surface area contributed by atoms with Crippen molar-refractivity contribution in [1.29, 1.82) is 0 Å². The second-order valence-electron chi connectivity index (χ2n) is 5.86. The lowest BCUT2D eigenvalue weighted by Gasteiger charge is -2.37. The first kappa shape index (κ1) is 17.2. The van der Waals surface area contributed by atoms with E-state index >= 15 is 0 Å². The number of rotatable bonds is 4. The highest BCUT2D eigenvalue weighted by Crippen LogP contribution is 2.17. The number of nitrogens with zero attached hydrogens (tertiary/aromatic N) is 4. The van der Waals surface area contributed by atoms with Crippen LogP contribution in [-0.2, 0) is 4.79 Å². The predicted octanol–water partition coefficient (Wildman–Crippen LogP) is 1.90. The Morgan fingerprint density at radius 3 is 2.52 bits per heavy atom. The van der Waals surface area contributed by atoms with Crippen molar-refractivity contribution in [3.63, 3.8) is 0 Å².